The number of rotatable bonds is 4. The number of sulfone groups is 1. The van der Waals surface area contributed by atoms with Crippen molar-refractivity contribution >= 4 is 27.4 Å². The molecule has 0 aliphatic heterocycles. The van der Waals surface area contributed by atoms with E-state index in [1.807, 2.05) is 0 Å². The van der Waals surface area contributed by atoms with E-state index in [1.165, 1.54) is 25.1 Å². The van der Waals surface area contributed by atoms with E-state index in [1.54, 1.807) is 6.07 Å². The highest BCUT2D eigenvalue weighted by molar-refractivity contribution is 7.91. The molecule has 0 aliphatic carbocycles. The Morgan fingerprint density at radius 2 is 2.12 bits per heavy atom. The van der Waals surface area contributed by atoms with Gasteiger partial charge in [0.25, 0.3) is 0 Å². The summed E-state index contributed by atoms with van der Waals surface area (Å²) >= 11 is 5.67. The minimum absolute atomic E-state index is 0.0492. The van der Waals surface area contributed by atoms with Crippen LogP contribution in [0.3, 0.4) is 0 Å². The lowest BCUT2D eigenvalue weighted by Crippen LogP contribution is -2.21. The van der Waals surface area contributed by atoms with Crippen LogP contribution in [0.15, 0.2) is 29.2 Å². The Balaban J connectivity index is 2.99. The highest BCUT2D eigenvalue weighted by Crippen LogP contribution is 2.18. The van der Waals surface area contributed by atoms with Gasteiger partial charge in [0.15, 0.2) is 9.84 Å². The molecule has 0 aromatic heterocycles. The summed E-state index contributed by atoms with van der Waals surface area (Å²) in [5.74, 6) is -2.50. The average Bonchev–Trinajstić information content (AvgIpc) is 2.17. The standard InChI is InChI=1S/C10H11ClO4S/c1-7(10(12)13)6-16(14,15)9-4-2-3-8(11)5-9/h2-5,7H,6H2,1H3,(H,12,13). The Morgan fingerprint density at radius 3 is 2.62 bits per heavy atom. The Morgan fingerprint density at radius 1 is 1.50 bits per heavy atom. The molecular weight excluding hydrogens is 252 g/mol. The molecule has 0 amide bonds. The van der Waals surface area contributed by atoms with Crippen LogP contribution >= 0.6 is 11.6 Å². The molecule has 0 radical (unpaired) electrons. The third-order valence-corrected chi connectivity index (χ3v) is 4.19. The Bertz CT molecular complexity index is 495. The van der Waals surface area contributed by atoms with E-state index in [0.29, 0.717) is 5.02 Å². The first-order chi connectivity index (χ1) is 7.33. The van der Waals surface area contributed by atoms with Crippen molar-refractivity contribution in [2.45, 2.75) is 11.8 Å². The summed E-state index contributed by atoms with van der Waals surface area (Å²) in [6.07, 6.45) is 0. The van der Waals surface area contributed by atoms with E-state index in [-0.39, 0.29) is 4.90 Å². The number of halogens is 1. The number of aliphatic carboxylic acids is 1. The number of carbonyl (C=O) groups is 1. The van der Waals surface area contributed by atoms with E-state index in [9.17, 15) is 13.2 Å². The number of carboxylic acids is 1. The minimum Gasteiger partial charge on any atom is -0.481 e. The van der Waals surface area contributed by atoms with E-state index >= 15 is 0 Å². The van der Waals surface area contributed by atoms with E-state index in [4.69, 9.17) is 16.7 Å². The fourth-order valence-corrected chi connectivity index (χ4v) is 3.00. The molecule has 0 bridgehead atoms. The minimum atomic E-state index is -3.59. The molecule has 1 unspecified atom stereocenters. The third-order valence-electron chi connectivity index (χ3n) is 2.05. The second kappa shape index (κ2) is 4.84. The SMILES string of the molecule is CC(CS(=O)(=O)c1cccc(Cl)c1)C(=O)O. The lowest BCUT2D eigenvalue weighted by Gasteiger charge is -2.07. The van der Waals surface area contributed by atoms with Gasteiger partial charge in [0.05, 0.1) is 16.6 Å². The van der Waals surface area contributed by atoms with E-state index in [0.717, 1.165) is 0 Å². The second-order valence-electron chi connectivity index (χ2n) is 3.48. The highest BCUT2D eigenvalue weighted by Gasteiger charge is 2.22. The molecule has 0 aliphatic rings. The van der Waals surface area contributed by atoms with Crippen molar-refractivity contribution < 1.29 is 18.3 Å². The van der Waals surface area contributed by atoms with E-state index < -0.39 is 27.5 Å². The van der Waals surface area contributed by atoms with Gasteiger partial charge >= 0.3 is 5.97 Å². The van der Waals surface area contributed by atoms with Gasteiger partial charge in [-0.25, -0.2) is 8.42 Å². The van der Waals surface area contributed by atoms with Crippen LogP contribution in [0.2, 0.25) is 5.02 Å². The molecule has 1 N–H and O–H groups in total. The van der Waals surface area contributed by atoms with Crippen molar-refractivity contribution in [3.05, 3.63) is 29.3 Å². The van der Waals surface area contributed by atoms with Crippen LogP contribution < -0.4 is 0 Å². The second-order valence-corrected chi connectivity index (χ2v) is 5.95. The molecule has 1 rings (SSSR count). The van der Waals surface area contributed by atoms with Crippen molar-refractivity contribution in [3.8, 4) is 0 Å². The molecule has 0 heterocycles. The maximum absolute atomic E-state index is 11.8. The number of hydrogen-bond acceptors (Lipinski definition) is 3. The van der Waals surface area contributed by atoms with Crippen molar-refractivity contribution in [2.24, 2.45) is 5.92 Å². The summed E-state index contributed by atoms with van der Waals surface area (Å²) in [6, 6.07) is 5.78. The van der Waals surface area contributed by atoms with Crippen molar-refractivity contribution in [1.82, 2.24) is 0 Å². The van der Waals surface area contributed by atoms with Crippen LogP contribution in [0.4, 0.5) is 0 Å². The summed E-state index contributed by atoms with van der Waals surface area (Å²) in [5, 5.41) is 8.97. The monoisotopic (exact) mass is 262 g/mol. The lowest BCUT2D eigenvalue weighted by atomic mass is 10.2. The van der Waals surface area contributed by atoms with Gasteiger partial charge < -0.3 is 5.11 Å². The molecule has 4 nitrogen and oxygen atoms in total. The first kappa shape index (κ1) is 13.0. The third kappa shape index (κ3) is 3.21. The smallest absolute Gasteiger partial charge is 0.307 e. The van der Waals surface area contributed by atoms with Gasteiger partial charge in [-0.15, -0.1) is 0 Å². The Hall–Kier alpha value is -1.07. The zero-order chi connectivity index (χ0) is 12.3. The molecule has 1 aromatic carbocycles. The zero-order valence-electron chi connectivity index (χ0n) is 8.55. The summed E-state index contributed by atoms with van der Waals surface area (Å²) in [6.45, 7) is 1.35. The first-order valence-corrected chi connectivity index (χ1v) is 6.57. The number of benzene rings is 1. The van der Waals surface area contributed by atoms with Gasteiger partial charge in [-0.2, -0.15) is 0 Å². The van der Waals surface area contributed by atoms with Crippen LogP contribution in [-0.2, 0) is 14.6 Å². The molecule has 88 valence electrons. The molecule has 0 spiro atoms. The summed E-state index contributed by atoms with van der Waals surface area (Å²) < 4.78 is 23.6. The highest BCUT2D eigenvalue weighted by atomic mass is 35.5. The molecule has 16 heavy (non-hydrogen) atoms. The zero-order valence-corrected chi connectivity index (χ0v) is 10.1. The maximum atomic E-state index is 11.8. The van der Waals surface area contributed by atoms with Crippen molar-refractivity contribution in [2.75, 3.05) is 5.75 Å². The molecule has 1 aromatic rings. The molecule has 0 saturated carbocycles. The first-order valence-electron chi connectivity index (χ1n) is 4.54. The molecule has 6 heteroatoms. The van der Waals surface area contributed by atoms with Crippen LogP contribution in [-0.4, -0.2) is 25.2 Å². The number of hydrogen-bond donors (Lipinski definition) is 1. The van der Waals surface area contributed by atoms with Gasteiger partial charge in [0, 0.05) is 5.02 Å². The van der Waals surface area contributed by atoms with Crippen LogP contribution in [0.5, 0.6) is 0 Å². The molecule has 0 fully saturated rings. The average molecular weight is 263 g/mol. The largest absolute Gasteiger partial charge is 0.481 e. The number of carboxylic acid groups (broad SMARTS) is 1. The van der Waals surface area contributed by atoms with Crippen LogP contribution in [0.1, 0.15) is 6.92 Å². The van der Waals surface area contributed by atoms with Gasteiger partial charge in [0.1, 0.15) is 0 Å². The van der Waals surface area contributed by atoms with Crippen LogP contribution in [0, 0.1) is 5.92 Å². The Labute approximate surface area is 98.8 Å². The molecular formula is C10H11ClO4S. The Kier molecular flexibility index (Phi) is 3.93. The predicted octanol–water partition coefficient (Wildman–Crippen LogP) is 1.83. The van der Waals surface area contributed by atoms with Crippen molar-refractivity contribution in [1.29, 1.82) is 0 Å². The van der Waals surface area contributed by atoms with E-state index in [2.05, 4.69) is 0 Å². The molecule has 1 atom stereocenters. The topological polar surface area (TPSA) is 71.4 Å². The maximum Gasteiger partial charge on any atom is 0.307 e. The van der Waals surface area contributed by atoms with Gasteiger partial charge in [-0.3, -0.25) is 4.79 Å². The summed E-state index contributed by atoms with van der Waals surface area (Å²) in [4.78, 5) is 10.6. The predicted molar refractivity (Wildman–Crippen MR) is 60.3 cm³/mol. The quantitative estimate of drug-likeness (QED) is 0.899. The summed E-state index contributed by atoms with van der Waals surface area (Å²) in [7, 11) is -3.59. The van der Waals surface area contributed by atoms with Gasteiger partial charge in [0.2, 0.25) is 0 Å². The summed E-state index contributed by atoms with van der Waals surface area (Å²) in [5.41, 5.74) is 0. The van der Waals surface area contributed by atoms with Crippen molar-refractivity contribution in [3.63, 3.8) is 0 Å². The fourth-order valence-electron chi connectivity index (χ4n) is 1.16. The fraction of sp³-hybridized carbons (Fsp3) is 0.300. The van der Waals surface area contributed by atoms with Gasteiger partial charge in [-0.05, 0) is 18.2 Å². The normalized spacial score (nSPS) is 13.4. The van der Waals surface area contributed by atoms with Gasteiger partial charge in [-0.1, -0.05) is 24.6 Å². The van der Waals surface area contributed by atoms with Crippen LogP contribution in [0.25, 0.3) is 0 Å². The molecule has 0 saturated heterocycles. The lowest BCUT2D eigenvalue weighted by molar-refractivity contribution is -0.140.